The molecule has 0 spiro atoms. The highest BCUT2D eigenvalue weighted by Gasteiger charge is 2.27. The Morgan fingerprint density at radius 3 is 2.86 bits per heavy atom. The van der Waals surface area contributed by atoms with E-state index in [1.165, 1.54) is 19.3 Å². The van der Waals surface area contributed by atoms with Gasteiger partial charge in [0, 0.05) is 31.5 Å². The molecule has 0 unspecified atom stereocenters. The molecule has 1 saturated heterocycles. The quantitative estimate of drug-likeness (QED) is 0.670. The van der Waals surface area contributed by atoms with Gasteiger partial charge in [0.15, 0.2) is 0 Å². The molecule has 1 aliphatic carbocycles. The van der Waals surface area contributed by atoms with Crippen LogP contribution in [-0.4, -0.2) is 50.9 Å². The zero-order valence-corrected chi connectivity index (χ0v) is 16.5. The van der Waals surface area contributed by atoms with Gasteiger partial charge in [-0.05, 0) is 50.8 Å². The summed E-state index contributed by atoms with van der Waals surface area (Å²) in [5.74, 6) is 1.22. The van der Waals surface area contributed by atoms with E-state index < -0.39 is 0 Å². The molecule has 1 saturated carbocycles. The first kappa shape index (κ1) is 18.1. The van der Waals surface area contributed by atoms with E-state index in [0.717, 1.165) is 42.8 Å². The second-order valence-corrected chi connectivity index (χ2v) is 8.06. The lowest BCUT2D eigenvalue weighted by Gasteiger charge is -2.17. The number of nitrogens with zero attached hydrogens (tertiary/aromatic N) is 5. The maximum atomic E-state index is 12.5. The molecule has 0 bridgehead atoms. The van der Waals surface area contributed by atoms with Crippen molar-refractivity contribution in [1.29, 1.82) is 0 Å². The number of aromatic nitrogens is 4. The Morgan fingerprint density at radius 1 is 1.17 bits per heavy atom. The van der Waals surface area contributed by atoms with Gasteiger partial charge in [0.2, 0.25) is 0 Å². The molecule has 3 aromatic rings. The fourth-order valence-electron chi connectivity index (χ4n) is 3.82. The minimum atomic E-state index is -0.270. The second kappa shape index (κ2) is 7.44. The number of imidazole rings is 1. The Kier molecular flexibility index (Phi) is 4.63. The maximum Gasteiger partial charge on any atom is 0.275 e. The van der Waals surface area contributed by atoms with Gasteiger partial charge in [-0.25, -0.2) is 15.0 Å². The van der Waals surface area contributed by atoms with Crippen molar-refractivity contribution < 1.29 is 4.79 Å². The number of aryl methyl sites for hydroxylation is 1. The standard InChI is InChI=1S/C21H25N7O/c1-14-11-28-13-17(4-5-19(28)25-14)26-21(29)18-9-24-20(10-23-18)27-7-6-15(12-27)8-22-16-2-3-16/h4-5,9-11,13,15-16,22H,2-3,6-8,12H2,1H3,(H,26,29)/t15-/m1/s1. The summed E-state index contributed by atoms with van der Waals surface area (Å²) in [5, 5.41) is 6.49. The van der Waals surface area contributed by atoms with Crippen molar-refractivity contribution in [3.05, 3.63) is 48.3 Å². The van der Waals surface area contributed by atoms with Crippen LogP contribution < -0.4 is 15.5 Å². The van der Waals surface area contributed by atoms with E-state index in [0.29, 0.717) is 17.3 Å². The van der Waals surface area contributed by atoms with Gasteiger partial charge in [0.1, 0.15) is 17.2 Å². The predicted octanol–water partition coefficient (Wildman–Crippen LogP) is 2.26. The zero-order valence-electron chi connectivity index (χ0n) is 16.5. The molecule has 29 heavy (non-hydrogen) atoms. The highest BCUT2D eigenvalue weighted by atomic mass is 16.1. The number of anilines is 2. The zero-order chi connectivity index (χ0) is 19.8. The summed E-state index contributed by atoms with van der Waals surface area (Å²) in [6, 6.07) is 4.46. The van der Waals surface area contributed by atoms with Crippen molar-refractivity contribution in [3.8, 4) is 0 Å². The van der Waals surface area contributed by atoms with Crippen molar-refractivity contribution in [2.75, 3.05) is 29.9 Å². The Labute approximate surface area is 169 Å². The van der Waals surface area contributed by atoms with Gasteiger partial charge in [0.05, 0.1) is 23.8 Å². The summed E-state index contributed by atoms with van der Waals surface area (Å²) >= 11 is 0. The summed E-state index contributed by atoms with van der Waals surface area (Å²) in [6.45, 7) is 5.00. The second-order valence-electron chi connectivity index (χ2n) is 8.06. The number of pyridine rings is 1. The number of hydrogen-bond acceptors (Lipinski definition) is 6. The minimum absolute atomic E-state index is 0.270. The van der Waals surface area contributed by atoms with Crippen LogP contribution in [0.5, 0.6) is 0 Å². The van der Waals surface area contributed by atoms with Crippen LogP contribution in [0.1, 0.15) is 35.4 Å². The van der Waals surface area contributed by atoms with Gasteiger partial charge < -0.3 is 19.9 Å². The van der Waals surface area contributed by atoms with E-state index in [1.807, 2.05) is 35.9 Å². The summed E-state index contributed by atoms with van der Waals surface area (Å²) in [5.41, 5.74) is 2.78. The first-order valence-electron chi connectivity index (χ1n) is 10.2. The van der Waals surface area contributed by atoms with Crippen LogP contribution in [0.25, 0.3) is 5.65 Å². The molecular weight excluding hydrogens is 366 g/mol. The Bertz CT molecular complexity index is 1030. The fraction of sp³-hybridized carbons (Fsp3) is 0.429. The number of hydrogen-bond donors (Lipinski definition) is 2. The van der Waals surface area contributed by atoms with E-state index in [1.54, 1.807) is 12.4 Å². The highest BCUT2D eigenvalue weighted by molar-refractivity contribution is 6.02. The molecule has 0 radical (unpaired) electrons. The molecule has 1 atom stereocenters. The number of nitrogens with one attached hydrogen (secondary N) is 2. The predicted molar refractivity (Wildman–Crippen MR) is 111 cm³/mol. The molecular formula is C21H25N7O. The van der Waals surface area contributed by atoms with Crippen molar-refractivity contribution in [2.24, 2.45) is 5.92 Å². The molecule has 150 valence electrons. The highest BCUT2D eigenvalue weighted by Crippen LogP contribution is 2.24. The molecule has 2 fully saturated rings. The normalized spacial score (nSPS) is 19.1. The van der Waals surface area contributed by atoms with Crippen molar-refractivity contribution >= 4 is 23.1 Å². The fourth-order valence-corrected chi connectivity index (χ4v) is 3.82. The first-order chi connectivity index (χ1) is 14.1. The minimum Gasteiger partial charge on any atom is -0.355 e. The number of fused-ring (bicyclic) bond motifs is 1. The van der Waals surface area contributed by atoms with Crippen LogP contribution in [0, 0.1) is 12.8 Å². The largest absolute Gasteiger partial charge is 0.355 e. The van der Waals surface area contributed by atoms with Crippen LogP contribution >= 0.6 is 0 Å². The van der Waals surface area contributed by atoms with Crippen LogP contribution in [0.15, 0.2) is 36.9 Å². The summed E-state index contributed by atoms with van der Waals surface area (Å²) in [6.07, 6.45) is 10.8. The summed E-state index contributed by atoms with van der Waals surface area (Å²) < 4.78 is 1.89. The van der Waals surface area contributed by atoms with Crippen LogP contribution in [0.2, 0.25) is 0 Å². The lowest BCUT2D eigenvalue weighted by atomic mass is 10.1. The van der Waals surface area contributed by atoms with Crippen molar-refractivity contribution in [2.45, 2.75) is 32.2 Å². The van der Waals surface area contributed by atoms with E-state index in [9.17, 15) is 4.79 Å². The lowest BCUT2D eigenvalue weighted by molar-refractivity contribution is 0.102. The third-order valence-corrected chi connectivity index (χ3v) is 5.58. The van der Waals surface area contributed by atoms with Gasteiger partial charge in [-0.3, -0.25) is 4.79 Å². The lowest BCUT2D eigenvalue weighted by Crippen LogP contribution is -2.28. The molecule has 2 aliphatic rings. The smallest absolute Gasteiger partial charge is 0.275 e. The molecule has 8 heteroatoms. The van der Waals surface area contributed by atoms with Gasteiger partial charge >= 0.3 is 0 Å². The molecule has 8 nitrogen and oxygen atoms in total. The summed E-state index contributed by atoms with van der Waals surface area (Å²) in [4.78, 5) is 28.0. The van der Waals surface area contributed by atoms with Crippen LogP contribution in [0.4, 0.5) is 11.5 Å². The van der Waals surface area contributed by atoms with E-state index in [2.05, 4.69) is 30.5 Å². The molecule has 4 heterocycles. The average Bonchev–Trinajstić information content (AvgIpc) is 3.30. The molecule has 3 aromatic heterocycles. The maximum absolute atomic E-state index is 12.5. The number of rotatable bonds is 6. The van der Waals surface area contributed by atoms with Gasteiger partial charge in [-0.15, -0.1) is 0 Å². The average molecular weight is 391 g/mol. The monoisotopic (exact) mass is 391 g/mol. The molecule has 0 aromatic carbocycles. The van der Waals surface area contributed by atoms with Crippen molar-refractivity contribution in [1.82, 2.24) is 24.7 Å². The third-order valence-electron chi connectivity index (χ3n) is 5.58. The molecule has 2 N–H and O–H groups in total. The van der Waals surface area contributed by atoms with E-state index in [-0.39, 0.29) is 5.91 Å². The van der Waals surface area contributed by atoms with Gasteiger partial charge in [0.25, 0.3) is 5.91 Å². The Hall–Kier alpha value is -3.00. The number of amides is 1. The number of carbonyl (C=O) groups is 1. The summed E-state index contributed by atoms with van der Waals surface area (Å²) in [7, 11) is 0. The Balaban J connectivity index is 1.20. The van der Waals surface area contributed by atoms with Crippen LogP contribution in [-0.2, 0) is 0 Å². The van der Waals surface area contributed by atoms with Crippen molar-refractivity contribution in [3.63, 3.8) is 0 Å². The van der Waals surface area contributed by atoms with Crippen LogP contribution in [0.3, 0.4) is 0 Å². The van der Waals surface area contributed by atoms with Gasteiger partial charge in [-0.2, -0.15) is 0 Å². The molecule has 1 amide bonds. The molecule has 1 aliphatic heterocycles. The molecule has 5 rings (SSSR count). The third kappa shape index (κ3) is 4.07. The van der Waals surface area contributed by atoms with Gasteiger partial charge in [-0.1, -0.05) is 0 Å². The Morgan fingerprint density at radius 2 is 2.07 bits per heavy atom. The van der Waals surface area contributed by atoms with E-state index in [4.69, 9.17) is 0 Å². The topological polar surface area (TPSA) is 87.5 Å². The SMILES string of the molecule is Cc1cn2cc(NC(=O)c3cnc(N4CC[C@H](CNC5CC5)C4)cn3)ccc2n1. The first-order valence-corrected chi connectivity index (χ1v) is 10.2. The van der Waals surface area contributed by atoms with E-state index >= 15 is 0 Å². The number of carbonyl (C=O) groups excluding carboxylic acids is 1.